The van der Waals surface area contributed by atoms with Crippen LogP contribution in [0.25, 0.3) is 6.08 Å². The van der Waals surface area contributed by atoms with Crippen LogP contribution in [0.3, 0.4) is 0 Å². The zero-order valence-electron chi connectivity index (χ0n) is 12.7. The van der Waals surface area contributed by atoms with Gasteiger partial charge in [0.25, 0.3) is 10.0 Å². The monoisotopic (exact) mass is 334 g/mol. The lowest BCUT2D eigenvalue weighted by Gasteiger charge is -2.06. The second kappa shape index (κ2) is 8.30. The highest BCUT2D eigenvalue weighted by molar-refractivity contribution is 7.95. The van der Waals surface area contributed by atoms with Crippen molar-refractivity contribution in [2.24, 2.45) is 0 Å². The summed E-state index contributed by atoms with van der Waals surface area (Å²) in [6, 6.07) is 12.4. The third-order valence-electron chi connectivity index (χ3n) is 2.77. The van der Waals surface area contributed by atoms with Gasteiger partial charge in [0.2, 0.25) is 5.88 Å². The number of methoxy groups -OCH3 is 1. The molecule has 1 aromatic carbocycles. The summed E-state index contributed by atoms with van der Waals surface area (Å²) in [5, 5.41) is 1.12. The van der Waals surface area contributed by atoms with Crippen LogP contribution in [0.15, 0.2) is 54.1 Å². The molecule has 1 N–H and O–H groups in total. The number of nitrogens with one attached hydrogen (secondary N) is 1. The first kappa shape index (κ1) is 17.0. The Balaban J connectivity index is 1.96. The van der Waals surface area contributed by atoms with Gasteiger partial charge < -0.3 is 9.47 Å². The summed E-state index contributed by atoms with van der Waals surface area (Å²) in [6.07, 6.45) is 2.92. The number of nitrogens with zero attached hydrogens (tertiary/aromatic N) is 1. The Morgan fingerprint density at radius 3 is 2.57 bits per heavy atom. The molecule has 0 fully saturated rings. The van der Waals surface area contributed by atoms with Crippen LogP contribution in [0, 0.1) is 0 Å². The van der Waals surface area contributed by atoms with E-state index in [9.17, 15) is 8.42 Å². The van der Waals surface area contributed by atoms with Gasteiger partial charge in [0.1, 0.15) is 6.61 Å². The van der Waals surface area contributed by atoms with Crippen molar-refractivity contribution in [1.29, 1.82) is 0 Å². The molecule has 0 aliphatic rings. The highest BCUT2D eigenvalue weighted by Gasteiger charge is 2.06. The summed E-state index contributed by atoms with van der Waals surface area (Å²) in [6.45, 7) is 0.842. The molecular weight excluding hydrogens is 316 g/mol. The van der Waals surface area contributed by atoms with Gasteiger partial charge in [-0.3, -0.25) is 4.72 Å². The van der Waals surface area contributed by atoms with Gasteiger partial charge in [-0.2, -0.15) is 0 Å². The van der Waals surface area contributed by atoms with Gasteiger partial charge in [0, 0.05) is 13.2 Å². The van der Waals surface area contributed by atoms with Gasteiger partial charge in [0.15, 0.2) is 0 Å². The van der Waals surface area contributed by atoms with E-state index in [1.54, 1.807) is 19.2 Å². The molecule has 0 atom stereocenters. The largest absolute Gasteiger partial charge is 0.475 e. The van der Waals surface area contributed by atoms with Crippen LogP contribution < -0.4 is 9.46 Å². The molecule has 0 saturated carbocycles. The van der Waals surface area contributed by atoms with Crippen molar-refractivity contribution in [1.82, 2.24) is 4.98 Å². The normalized spacial score (nSPS) is 11.5. The fraction of sp³-hybridized carbons (Fsp3) is 0.188. The van der Waals surface area contributed by atoms with E-state index in [-0.39, 0.29) is 0 Å². The smallest absolute Gasteiger partial charge is 0.255 e. The number of hydrogen-bond acceptors (Lipinski definition) is 5. The Bertz CT molecular complexity index is 728. The van der Waals surface area contributed by atoms with Crippen LogP contribution in [-0.2, 0) is 14.8 Å². The number of benzene rings is 1. The fourth-order valence-corrected chi connectivity index (χ4v) is 2.54. The average molecular weight is 334 g/mol. The first-order valence-corrected chi connectivity index (χ1v) is 8.47. The maximum atomic E-state index is 12.0. The van der Waals surface area contributed by atoms with Crippen LogP contribution in [-0.4, -0.2) is 33.7 Å². The Morgan fingerprint density at radius 1 is 1.13 bits per heavy atom. The van der Waals surface area contributed by atoms with Gasteiger partial charge in [-0.05, 0) is 17.7 Å². The van der Waals surface area contributed by atoms with Crippen molar-refractivity contribution in [3.05, 3.63) is 59.6 Å². The molecule has 2 aromatic rings. The minimum Gasteiger partial charge on any atom is -0.475 e. The third-order valence-corrected chi connectivity index (χ3v) is 3.79. The summed E-state index contributed by atoms with van der Waals surface area (Å²) in [7, 11) is -2.02. The van der Waals surface area contributed by atoms with Crippen LogP contribution in [0.1, 0.15) is 5.56 Å². The molecule has 0 aliphatic carbocycles. The van der Waals surface area contributed by atoms with E-state index in [1.807, 2.05) is 30.3 Å². The number of anilines is 1. The lowest BCUT2D eigenvalue weighted by atomic mass is 10.2. The van der Waals surface area contributed by atoms with Gasteiger partial charge in [-0.25, -0.2) is 13.4 Å². The molecule has 23 heavy (non-hydrogen) atoms. The fourth-order valence-electron chi connectivity index (χ4n) is 1.69. The van der Waals surface area contributed by atoms with Crippen LogP contribution in [0.4, 0.5) is 5.69 Å². The molecule has 0 bridgehead atoms. The van der Waals surface area contributed by atoms with Crippen LogP contribution in [0.2, 0.25) is 0 Å². The lowest BCUT2D eigenvalue weighted by Crippen LogP contribution is -2.09. The van der Waals surface area contributed by atoms with Crippen molar-refractivity contribution in [3.63, 3.8) is 0 Å². The van der Waals surface area contributed by atoms with E-state index in [0.29, 0.717) is 24.8 Å². The minimum absolute atomic E-state index is 0.363. The van der Waals surface area contributed by atoms with Crippen molar-refractivity contribution >= 4 is 21.8 Å². The molecule has 0 unspecified atom stereocenters. The van der Waals surface area contributed by atoms with E-state index >= 15 is 0 Å². The molecule has 0 radical (unpaired) electrons. The number of pyridine rings is 1. The second-order valence-corrected chi connectivity index (χ2v) is 6.15. The van der Waals surface area contributed by atoms with E-state index < -0.39 is 10.0 Å². The van der Waals surface area contributed by atoms with Gasteiger partial charge in [-0.1, -0.05) is 30.3 Å². The van der Waals surface area contributed by atoms with Crippen molar-refractivity contribution in [2.45, 2.75) is 0 Å². The lowest BCUT2D eigenvalue weighted by molar-refractivity contribution is 0.144. The molecule has 0 saturated heterocycles. The molecular formula is C16H18N2O4S. The Kier molecular flexibility index (Phi) is 6.13. The number of sulfonamides is 1. The molecule has 7 heteroatoms. The van der Waals surface area contributed by atoms with Crippen molar-refractivity contribution in [3.8, 4) is 5.88 Å². The summed E-state index contributed by atoms with van der Waals surface area (Å²) in [4.78, 5) is 4.02. The molecule has 2 rings (SSSR count). The quantitative estimate of drug-likeness (QED) is 0.751. The Morgan fingerprint density at radius 2 is 1.91 bits per heavy atom. The Hall–Kier alpha value is -2.38. The zero-order valence-corrected chi connectivity index (χ0v) is 13.5. The van der Waals surface area contributed by atoms with E-state index in [0.717, 1.165) is 11.0 Å². The summed E-state index contributed by atoms with van der Waals surface area (Å²) in [5.41, 5.74) is 1.17. The van der Waals surface area contributed by atoms with Crippen LogP contribution >= 0.6 is 0 Å². The standard InChI is InChI=1S/C16H18N2O4S/c1-21-10-11-22-16-8-7-15(13-17-16)18-23(19,20)12-9-14-5-3-2-4-6-14/h2-9,12-13,18H,10-11H2,1H3/b12-9+. The first-order chi connectivity index (χ1) is 11.1. The summed E-state index contributed by atoms with van der Waals surface area (Å²) >= 11 is 0. The molecule has 6 nitrogen and oxygen atoms in total. The molecule has 0 spiro atoms. The molecule has 0 aliphatic heterocycles. The highest BCUT2D eigenvalue weighted by Crippen LogP contribution is 2.14. The van der Waals surface area contributed by atoms with Crippen LogP contribution in [0.5, 0.6) is 5.88 Å². The second-order valence-electron chi connectivity index (χ2n) is 4.59. The minimum atomic E-state index is -3.60. The number of ether oxygens (including phenoxy) is 2. The number of rotatable bonds is 8. The number of aromatic nitrogens is 1. The molecule has 0 amide bonds. The highest BCUT2D eigenvalue weighted by atomic mass is 32.2. The maximum absolute atomic E-state index is 12.0. The topological polar surface area (TPSA) is 77.5 Å². The Labute approximate surface area is 135 Å². The number of hydrogen-bond donors (Lipinski definition) is 1. The summed E-state index contributed by atoms with van der Waals surface area (Å²) < 4.78 is 36.6. The third kappa shape index (κ3) is 6.09. The zero-order chi connectivity index (χ0) is 16.5. The van der Waals surface area contributed by atoms with E-state index in [1.165, 1.54) is 12.3 Å². The predicted octanol–water partition coefficient (Wildman–Crippen LogP) is 2.52. The molecule has 1 aromatic heterocycles. The first-order valence-electron chi connectivity index (χ1n) is 6.93. The predicted molar refractivity (Wildman–Crippen MR) is 89.6 cm³/mol. The van der Waals surface area contributed by atoms with Gasteiger partial charge in [0.05, 0.1) is 23.9 Å². The average Bonchev–Trinajstić information content (AvgIpc) is 2.56. The molecule has 122 valence electrons. The van der Waals surface area contributed by atoms with Crippen molar-refractivity contribution < 1.29 is 17.9 Å². The van der Waals surface area contributed by atoms with E-state index in [4.69, 9.17) is 9.47 Å². The SMILES string of the molecule is COCCOc1ccc(NS(=O)(=O)/C=C/c2ccccc2)cn1. The maximum Gasteiger partial charge on any atom is 0.255 e. The van der Waals surface area contributed by atoms with Crippen molar-refractivity contribution in [2.75, 3.05) is 25.0 Å². The van der Waals surface area contributed by atoms with E-state index in [2.05, 4.69) is 9.71 Å². The summed E-state index contributed by atoms with van der Waals surface area (Å²) in [5.74, 6) is 0.407. The molecule has 1 heterocycles. The van der Waals surface area contributed by atoms with Gasteiger partial charge >= 0.3 is 0 Å². The van der Waals surface area contributed by atoms with Gasteiger partial charge in [-0.15, -0.1) is 0 Å².